The second-order valence-corrected chi connectivity index (χ2v) is 5.20. The molecule has 0 radical (unpaired) electrons. The first-order valence-corrected chi connectivity index (χ1v) is 6.28. The number of hydrogen-bond acceptors (Lipinski definition) is 3. The predicted molar refractivity (Wildman–Crippen MR) is 68.5 cm³/mol. The first-order chi connectivity index (χ1) is 7.68. The van der Waals surface area contributed by atoms with E-state index in [0.29, 0.717) is 16.6 Å². The molecular formula is C11H11NO2S2. The Morgan fingerprint density at radius 1 is 1.50 bits per heavy atom. The van der Waals surface area contributed by atoms with Gasteiger partial charge in [0.2, 0.25) is 0 Å². The molecule has 1 saturated heterocycles. The third-order valence-electron chi connectivity index (χ3n) is 2.46. The minimum Gasteiger partial charge on any atom is -0.480 e. The van der Waals surface area contributed by atoms with Gasteiger partial charge < -0.3 is 10.0 Å². The van der Waals surface area contributed by atoms with Crippen LogP contribution in [0.2, 0.25) is 0 Å². The van der Waals surface area contributed by atoms with Crippen molar-refractivity contribution in [1.82, 2.24) is 4.90 Å². The second kappa shape index (κ2) is 4.84. The number of rotatable bonds is 3. The highest BCUT2D eigenvalue weighted by molar-refractivity contribution is 8.23. The molecule has 1 heterocycles. The normalized spacial score (nSPS) is 20.1. The van der Waals surface area contributed by atoms with Crippen LogP contribution in [0.15, 0.2) is 30.3 Å². The van der Waals surface area contributed by atoms with Crippen molar-refractivity contribution in [3.05, 3.63) is 35.9 Å². The van der Waals surface area contributed by atoms with Crippen LogP contribution in [0.5, 0.6) is 0 Å². The molecule has 1 aromatic rings. The van der Waals surface area contributed by atoms with Crippen molar-refractivity contribution < 1.29 is 9.90 Å². The second-order valence-electron chi connectivity index (χ2n) is 3.54. The van der Waals surface area contributed by atoms with Crippen molar-refractivity contribution in [2.75, 3.05) is 5.75 Å². The van der Waals surface area contributed by atoms with E-state index in [1.54, 1.807) is 4.90 Å². The Morgan fingerprint density at radius 2 is 2.19 bits per heavy atom. The lowest BCUT2D eigenvalue weighted by Crippen LogP contribution is -2.38. The van der Waals surface area contributed by atoms with Gasteiger partial charge in [-0.3, -0.25) is 0 Å². The molecule has 0 bridgehead atoms. The molecule has 1 aliphatic rings. The van der Waals surface area contributed by atoms with E-state index in [1.807, 2.05) is 30.3 Å². The summed E-state index contributed by atoms with van der Waals surface area (Å²) in [4.78, 5) is 12.8. The Labute approximate surface area is 103 Å². The molecule has 1 N–H and O–H groups in total. The number of carboxylic acid groups (broad SMARTS) is 1. The molecule has 84 valence electrons. The van der Waals surface area contributed by atoms with Crippen molar-refractivity contribution >= 4 is 34.3 Å². The predicted octanol–water partition coefficient (Wildman–Crippen LogP) is 1.97. The zero-order valence-electron chi connectivity index (χ0n) is 8.50. The monoisotopic (exact) mass is 253 g/mol. The largest absolute Gasteiger partial charge is 0.480 e. The highest BCUT2D eigenvalue weighted by atomic mass is 32.2. The number of carbonyl (C=O) groups is 1. The zero-order chi connectivity index (χ0) is 11.5. The van der Waals surface area contributed by atoms with Crippen LogP contribution in [0.3, 0.4) is 0 Å². The Balaban J connectivity index is 2.13. The minimum absolute atomic E-state index is 0.488. The molecule has 5 heteroatoms. The van der Waals surface area contributed by atoms with Crippen LogP contribution >= 0.6 is 24.0 Å². The van der Waals surface area contributed by atoms with Crippen LogP contribution in [0.25, 0.3) is 0 Å². The number of thioether (sulfide) groups is 1. The Hall–Kier alpha value is -1.07. The number of benzene rings is 1. The molecule has 1 atom stereocenters. The number of nitrogens with zero attached hydrogens (tertiary/aromatic N) is 1. The van der Waals surface area contributed by atoms with Gasteiger partial charge in [-0.1, -0.05) is 54.3 Å². The first-order valence-electron chi connectivity index (χ1n) is 4.88. The lowest BCUT2D eigenvalue weighted by molar-refractivity contribution is -0.140. The quantitative estimate of drug-likeness (QED) is 0.834. The van der Waals surface area contributed by atoms with E-state index in [-0.39, 0.29) is 0 Å². The summed E-state index contributed by atoms with van der Waals surface area (Å²) in [5, 5.41) is 9.06. The van der Waals surface area contributed by atoms with E-state index >= 15 is 0 Å². The van der Waals surface area contributed by atoms with E-state index in [2.05, 4.69) is 0 Å². The van der Waals surface area contributed by atoms with Gasteiger partial charge in [-0.05, 0) is 5.56 Å². The summed E-state index contributed by atoms with van der Waals surface area (Å²) in [5.41, 5.74) is 1.08. The molecule has 0 aromatic heterocycles. The van der Waals surface area contributed by atoms with Crippen molar-refractivity contribution in [3.63, 3.8) is 0 Å². The lowest BCUT2D eigenvalue weighted by Gasteiger charge is -2.22. The number of hydrogen-bond donors (Lipinski definition) is 1. The summed E-state index contributed by atoms with van der Waals surface area (Å²) in [7, 11) is 0. The molecule has 1 aromatic carbocycles. The van der Waals surface area contributed by atoms with E-state index < -0.39 is 12.0 Å². The summed E-state index contributed by atoms with van der Waals surface area (Å²) in [6.45, 7) is 0.573. The maximum Gasteiger partial charge on any atom is 0.327 e. The van der Waals surface area contributed by atoms with E-state index in [1.165, 1.54) is 11.8 Å². The third-order valence-corrected chi connectivity index (χ3v) is 4.01. The molecule has 1 fully saturated rings. The SMILES string of the molecule is O=C(O)C1CSC(=S)N1Cc1ccccc1. The fraction of sp³-hybridized carbons (Fsp3) is 0.273. The Morgan fingerprint density at radius 3 is 2.81 bits per heavy atom. The maximum absolute atomic E-state index is 11.0. The average molecular weight is 253 g/mol. The van der Waals surface area contributed by atoms with Gasteiger partial charge in [0.05, 0.1) is 0 Å². The van der Waals surface area contributed by atoms with E-state index in [0.717, 1.165) is 5.56 Å². The third kappa shape index (κ3) is 2.36. The molecular weight excluding hydrogens is 242 g/mol. The van der Waals surface area contributed by atoms with Crippen LogP contribution < -0.4 is 0 Å². The highest BCUT2D eigenvalue weighted by Crippen LogP contribution is 2.26. The van der Waals surface area contributed by atoms with Gasteiger partial charge in [-0.15, -0.1) is 0 Å². The zero-order valence-corrected chi connectivity index (χ0v) is 10.1. The topological polar surface area (TPSA) is 40.5 Å². The molecule has 0 saturated carbocycles. The van der Waals surface area contributed by atoms with Crippen LogP contribution in [-0.2, 0) is 11.3 Å². The first kappa shape index (κ1) is 11.4. The molecule has 1 unspecified atom stereocenters. The molecule has 16 heavy (non-hydrogen) atoms. The van der Waals surface area contributed by atoms with Gasteiger partial charge in [-0.2, -0.15) is 0 Å². The van der Waals surface area contributed by atoms with Gasteiger partial charge >= 0.3 is 5.97 Å². The maximum atomic E-state index is 11.0. The molecule has 2 rings (SSSR count). The van der Waals surface area contributed by atoms with Crippen LogP contribution in [0, 0.1) is 0 Å². The standard InChI is InChI=1S/C11H11NO2S2/c13-10(14)9-7-16-11(15)12(9)6-8-4-2-1-3-5-8/h1-5,9H,6-7H2,(H,13,14). The van der Waals surface area contributed by atoms with Crippen molar-refractivity contribution in [1.29, 1.82) is 0 Å². The van der Waals surface area contributed by atoms with Crippen LogP contribution in [-0.4, -0.2) is 32.1 Å². The number of thiocarbonyl (C=S) groups is 1. The van der Waals surface area contributed by atoms with Gasteiger partial charge in [0, 0.05) is 12.3 Å². The van der Waals surface area contributed by atoms with Gasteiger partial charge in [0.1, 0.15) is 10.4 Å². The molecule has 0 spiro atoms. The molecule has 0 amide bonds. The fourth-order valence-corrected chi connectivity index (χ4v) is 2.99. The molecule has 3 nitrogen and oxygen atoms in total. The Kier molecular flexibility index (Phi) is 3.46. The fourth-order valence-electron chi connectivity index (χ4n) is 1.61. The van der Waals surface area contributed by atoms with Crippen LogP contribution in [0.4, 0.5) is 0 Å². The van der Waals surface area contributed by atoms with Gasteiger partial charge in [0.25, 0.3) is 0 Å². The molecule has 1 aliphatic heterocycles. The van der Waals surface area contributed by atoms with Crippen molar-refractivity contribution in [3.8, 4) is 0 Å². The summed E-state index contributed by atoms with van der Waals surface area (Å²) in [5.74, 6) is -0.260. The lowest BCUT2D eigenvalue weighted by atomic mass is 10.2. The summed E-state index contributed by atoms with van der Waals surface area (Å²) < 4.78 is 0.677. The van der Waals surface area contributed by atoms with Gasteiger partial charge in [0.15, 0.2) is 0 Å². The number of aliphatic carboxylic acids is 1. The summed E-state index contributed by atoms with van der Waals surface area (Å²) >= 11 is 6.60. The smallest absolute Gasteiger partial charge is 0.327 e. The van der Waals surface area contributed by atoms with E-state index in [9.17, 15) is 4.79 Å². The summed E-state index contributed by atoms with van der Waals surface area (Å²) in [6.07, 6.45) is 0. The molecule has 0 aliphatic carbocycles. The highest BCUT2D eigenvalue weighted by Gasteiger charge is 2.34. The average Bonchev–Trinajstić information content (AvgIpc) is 2.62. The summed E-state index contributed by atoms with van der Waals surface area (Å²) in [6, 6.07) is 9.29. The number of carboxylic acids is 1. The Bertz CT molecular complexity index is 408. The van der Waals surface area contributed by atoms with Crippen molar-refractivity contribution in [2.24, 2.45) is 0 Å². The van der Waals surface area contributed by atoms with E-state index in [4.69, 9.17) is 17.3 Å². The van der Waals surface area contributed by atoms with Gasteiger partial charge in [-0.25, -0.2) is 4.79 Å². The minimum atomic E-state index is -0.803. The van der Waals surface area contributed by atoms with Crippen molar-refractivity contribution in [2.45, 2.75) is 12.6 Å². The van der Waals surface area contributed by atoms with Crippen LogP contribution in [0.1, 0.15) is 5.56 Å².